The number of likely N-dealkylation sites (tertiary alicyclic amines) is 1. The number of nitrogens with zero attached hydrogens (tertiary/aromatic N) is 2. The van der Waals surface area contributed by atoms with E-state index in [1.54, 1.807) is 17.0 Å². The van der Waals surface area contributed by atoms with Crippen molar-refractivity contribution >= 4 is 39.3 Å². The SMILES string of the molecule is O=C1Nc2cc(S(=O)(=O)N3CCOCC3)ccc2SC1C(=O)N1CCCCCC1. The number of thioether (sulfide) groups is 1. The number of amides is 2. The molecule has 1 atom stereocenters. The standard InChI is InChI=1S/C19H25N3O5S2/c23-18-17(19(24)21-7-3-1-2-4-8-21)28-16-6-5-14(13-15(16)20-18)29(25,26)22-9-11-27-12-10-22/h5-6,13,17H,1-4,7-12H2,(H,20,23). The molecule has 3 heterocycles. The molecule has 0 bridgehead atoms. The maximum atomic E-state index is 12.9. The number of hydrogen-bond donors (Lipinski definition) is 1. The minimum absolute atomic E-state index is 0.136. The molecule has 158 valence electrons. The second kappa shape index (κ2) is 8.63. The molecule has 1 aromatic carbocycles. The van der Waals surface area contributed by atoms with E-state index < -0.39 is 21.2 Å². The topological polar surface area (TPSA) is 96.0 Å². The predicted molar refractivity (Wildman–Crippen MR) is 109 cm³/mol. The Labute approximate surface area is 175 Å². The van der Waals surface area contributed by atoms with Crippen LogP contribution in [-0.4, -0.2) is 74.1 Å². The molecule has 10 heteroatoms. The zero-order valence-electron chi connectivity index (χ0n) is 16.1. The van der Waals surface area contributed by atoms with Crippen molar-refractivity contribution in [2.75, 3.05) is 44.7 Å². The van der Waals surface area contributed by atoms with Crippen LogP contribution in [0.2, 0.25) is 0 Å². The van der Waals surface area contributed by atoms with Crippen LogP contribution in [0.5, 0.6) is 0 Å². The number of rotatable bonds is 3. The number of carbonyl (C=O) groups is 2. The van der Waals surface area contributed by atoms with E-state index in [1.807, 2.05) is 0 Å². The molecular weight excluding hydrogens is 414 g/mol. The minimum Gasteiger partial charge on any atom is -0.379 e. The quantitative estimate of drug-likeness (QED) is 0.718. The monoisotopic (exact) mass is 439 g/mol. The van der Waals surface area contributed by atoms with E-state index in [4.69, 9.17) is 4.74 Å². The summed E-state index contributed by atoms with van der Waals surface area (Å²) >= 11 is 1.20. The van der Waals surface area contributed by atoms with Crippen molar-refractivity contribution in [1.29, 1.82) is 0 Å². The molecule has 0 spiro atoms. The van der Waals surface area contributed by atoms with E-state index in [0.717, 1.165) is 25.7 Å². The van der Waals surface area contributed by atoms with Crippen LogP contribution in [0.15, 0.2) is 28.0 Å². The molecule has 2 amide bonds. The van der Waals surface area contributed by atoms with Crippen LogP contribution in [0.25, 0.3) is 0 Å². The van der Waals surface area contributed by atoms with Crippen molar-refractivity contribution in [1.82, 2.24) is 9.21 Å². The fourth-order valence-corrected chi connectivity index (χ4v) is 6.29. The van der Waals surface area contributed by atoms with Gasteiger partial charge in [-0.2, -0.15) is 4.31 Å². The van der Waals surface area contributed by atoms with Crippen molar-refractivity contribution < 1.29 is 22.7 Å². The highest BCUT2D eigenvalue weighted by atomic mass is 32.2. The van der Waals surface area contributed by atoms with Crippen molar-refractivity contribution in [3.05, 3.63) is 18.2 Å². The van der Waals surface area contributed by atoms with Gasteiger partial charge in [0.2, 0.25) is 21.8 Å². The highest BCUT2D eigenvalue weighted by molar-refractivity contribution is 8.01. The molecule has 2 saturated heterocycles. The Kier molecular flexibility index (Phi) is 6.14. The summed E-state index contributed by atoms with van der Waals surface area (Å²) in [6.45, 7) is 2.74. The van der Waals surface area contributed by atoms with Gasteiger partial charge in [0.15, 0.2) is 5.25 Å². The molecule has 1 N–H and O–H groups in total. The highest BCUT2D eigenvalue weighted by Crippen LogP contribution is 2.38. The summed E-state index contributed by atoms with van der Waals surface area (Å²) in [5, 5.41) is 1.91. The summed E-state index contributed by atoms with van der Waals surface area (Å²) in [5.74, 6) is -0.553. The van der Waals surface area contributed by atoms with Gasteiger partial charge in [-0.05, 0) is 31.0 Å². The van der Waals surface area contributed by atoms with Crippen LogP contribution in [0, 0.1) is 0 Å². The second-order valence-corrected chi connectivity index (χ2v) is 10.5. The third-order valence-electron chi connectivity index (χ3n) is 5.44. The molecule has 8 nitrogen and oxygen atoms in total. The molecule has 1 aromatic rings. The molecule has 0 radical (unpaired) electrons. The lowest BCUT2D eigenvalue weighted by Gasteiger charge is -2.29. The Hall–Kier alpha value is -1.62. The van der Waals surface area contributed by atoms with Gasteiger partial charge in [-0.3, -0.25) is 9.59 Å². The van der Waals surface area contributed by atoms with Crippen LogP contribution < -0.4 is 5.32 Å². The molecule has 3 aliphatic heterocycles. The Morgan fingerprint density at radius 2 is 1.76 bits per heavy atom. The molecule has 3 aliphatic rings. The largest absolute Gasteiger partial charge is 0.379 e. The highest BCUT2D eigenvalue weighted by Gasteiger charge is 2.37. The summed E-state index contributed by atoms with van der Waals surface area (Å²) in [5.41, 5.74) is 0.439. The zero-order chi connectivity index (χ0) is 20.4. The minimum atomic E-state index is -3.65. The summed E-state index contributed by atoms with van der Waals surface area (Å²) in [7, 11) is -3.65. The van der Waals surface area contributed by atoms with Gasteiger partial charge in [0.1, 0.15) is 0 Å². The Morgan fingerprint density at radius 1 is 1.07 bits per heavy atom. The maximum absolute atomic E-state index is 12.9. The predicted octanol–water partition coefficient (Wildman–Crippen LogP) is 1.52. The lowest BCUT2D eigenvalue weighted by Crippen LogP contribution is -2.45. The van der Waals surface area contributed by atoms with Crippen molar-refractivity contribution in [3.8, 4) is 0 Å². The summed E-state index contributed by atoms with van der Waals surface area (Å²) in [6, 6.07) is 4.70. The number of ether oxygens (including phenoxy) is 1. The third-order valence-corrected chi connectivity index (χ3v) is 8.60. The van der Waals surface area contributed by atoms with Gasteiger partial charge in [-0.15, -0.1) is 11.8 Å². The Balaban J connectivity index is 1.53. The smallest absolute Gasteiger partial charge is 0.247 e. The van der Waals surface area contributed by atoms with Crippen LogP contribution in [0.4, 0.5) is 5.69 Å². The molecule has 0 aliphatic carbocycles. The first-order chi connectivity index (χ1) is 14.0. The van der Waals surface area contributed by atoms with Gasteiger partial charge >= 0.3 is 0 Å². The van der Waals surface area contributed by atoms with E-state index in [-0.39, 0.29) is 10.8 Å². The van der Waals surface area contributed by atoms with Gasteiger partial charge < -0.3 is 15.0 Å². The van der Waals surface area contributed by atoms with Crippen molar-refractivity contribution in [2.45, 2.75) is 40.7 Å². The number of fused-ring (bicyclic) bond motifs is 1. The number of nitrogens with one attached hydrogen (secondary N) is 1. The average Bonchev–Trinajstić information content (AvgIpc) is 3.02. The molecule has 2 fully saturated rings. The number of benzene rings is 1. The molecule has 0 saturated carbocycles. The molecule has 0 aromatic heterocycles. The average molecular weight is 440 g/mol. The second-order valence-electron chi connectivity index (χ2n) is 7.40. The Bertz CT molecular complexity index is 891. The summed E-state index contributed by atoms with van der Waals surface area (Å²) in [6.07, 6.45) is 4.14. The van der Waals surface area contributed by atoms with E-state index >= 15 is 0 Å². The van der Waals surface area contributed by atoms with Crippen LogP contribution in [-0.2, 0) is 24.3 Å². The number of morpholine rings is 1. The first-order valence-electron chi connectivity index (χ1n) is 9.95. The van der Waals surface area contributed by atoms with Crippen molar-refractivity contribution in [2.24, 2.45) is 0 Å². The molecular formula is C19H25N3O5S2. The zero-order valence-corrected chi connectivity index (χ0v) is 17.8. The number of carbonyl (C=O) groups excluding carboxylic acids is 2. The van der Waals surface area contributed by atoms with Crippen molar-refractivity contribution in [3.63, 3.8) is 0 Å². The summed E-state index contributed by atoms with van der Waals surface area (Å²) < 4.78 is 32.3. The van der Waals surface area contributed by atoms with Crippen LogP contribution in [0.1, 0.15) is 25.7 Å². The van der Waals surface area contributed by atoms with E-state index in [1.165, 1.54) is 22.1 Å². The third kappa shape index (κ3) is 4.30. The summed E-state index contributed by atoms with van der Waals surface area (Å²) in [4.78, 5) is 28.1. The van der Waals surface area contributed by atoms with Gasteiger partial charge in [-0.25, -0.2) is 8.42 Å². The Morgan fingerprint density at radius 3 is 2.45 bits per heavy atom. The van der Waals surface area contributed by atoms with Crippen LogP contribution in [0.3, 0.4) is 0 Å². The maximum Gasteiger partial charge on any atom is 0.247 e. The first kappa shape index (κ1) is 20.6. The number of hydrogen-bond acceptors (Lipinski definition) is 6. The fourth-order valence-electron chi connectivity index (χ4n) is 3.80. The molecule has 4 rings (SSSR count). The lowest BCUT2D eigenvalue weighted by molar-refractivity contribution is -0.133. The molecule has 1 unspecified atom stereocenters. The van der Waals surface area contributed by atoms with Gasteiger partial charge in [0.05, 0.1) is 23.8 Å². The van der Waals surface area contributed by atoms with Gasteiger partial charge in [0, 0.05) is 31.1 Å². The fraction of sp³-hybridized carbons (Fsp3) is 0.579. The van der Waals surface area contributed by atoms with E-state index in [9.17, 15) is 18.0 Å². The number of sulfonamides is 1. The molecule has 29 heavy (non-hydrogen) atoms. The van der Waals surface area contributed by atoms with Crippen LogP contribution >= 0.6 is 11.8 Å². The lowest BCUT2D eigenvalue weighted by atomic mass is 10.2. The van der Waals surface area contributed by atoms with Gasteiger partial charge in [0.25, 0.3) is 0 Å². The first-order valence-corrected chi connectivity index (χ1v) is 12.3. The normalized spacial score (nSPS) is 23.8. The number of anilines is 1. The van der Waals surface area contributed by atoms with Gasteiger partial charge in [-0.1, -0.05) is 12.8 Å². The van der Waals surface area contributed by atoms with E-state index in [0.29, 0.717) is 50.0 Å². The van der Waals surface area contributed by atoms with E-state index in [2.05, 4.69) is 5.32 Å².